The van der Waals surface area contributed by atoms with E-state index in [1.165, 1.54) is 14.0 Å². The zero-order valence-corrected chi connectivity index (χ0v) is 5.94. The highest BCUT2D eigenvalue weighted by Crippen LogP contribution is 2.00. The largest absolute Gasteiger partial charge is 0.371 e. The molecule has 0 aromatic heterocycles. The van der Waals surface area contributed by atoms with E-state index in [0.29, 0.717) is 6.42 Å². The Bertz CT molecular complexity index is 82.5. The minimum Gasteiger partial charge on any atom is -0.371 e. The number of ketones is 1. The summed E-state index contributed by atoms with van der Waals surface area (Å²) in [4.78, 5) is 10.3. The summed E-state index contributed by atoms with van der Waals surface area (Å²) < 4.78 is 4.70. The van der Waals surface area contributed by atoms with Gasteiger partial charge in [0.1, 0.15) is 11.2 Å². The fraction of sp³-hybridized carbons (Fsp3) is 0.800. The summed E-state index contributed by atoms with van der Waals surface area (Å²) in [5.41, 5.74) is -0.229. The molecule has 0 saturated heterocycles. The molecule has 8 heavy (non-hydrogen) atoms. The smallest absolute Gasteiger partial charge is 0.133 e. The predicted molar refractivity (Wildman–Crippen MR) is 35.1 cm³/mol. The molecule has 0 radical (unpaired) electrons. The van der Waals surface area contributed by atoms with E-state index >= 15 is 0 Å². The maximum absolute atomic E-state index is 10.3. The first-order chi connectivity index (χ1) is 3.66. The van der Waals surface area contributed by atoms with Crippen molar-refractivity contribution < 1.29 is 9.53 Å². The normalized spacial score (nSPS) is 13.4. The first-order valence-electron chi connectivity index (χ1n) is 2.37. The van der Waals surface area contributed by atoms with Gasteiger partial charge in [0, 0.05) is 13.5 Å². The van der Waals surface area contributed by atoms with Gasteiger partial charge in [-0.05, 0) is 6.92 Å². The van der Waals surface area contributed by atoms with Crippen LogP contribution in [-0.4, -0.2) is 18.3 Å². The van der Waals surface area contributed by atoms with Crippen LogP contribution in [0.4, 0.5) is 0 Å². The van der Waals surface area contributed by atoms with E-state index in [1.807, 2.05) is 0 Å². The lowest BCUT2D eigenvalue weighted by atomic mass is 10.3. The number of carbonyl (C=O) groups excluding carboxylic acids is 1. The van der Waals surface area contributed by atoms with Gasteiger partial charge in [0.25, 0.3) is 0 Å². The second kappa shape index (κ2) is 3.92. The van der Waals surface area contributed by atoms with E-state index in [1.54, 1.807) is 0 Å². The van der Waals surface area contributed by atoms with Crippen molar-refractivity contribution in [3.8, 4) is 0 Å². The number of Topliss-reactive ketones (excluding diaryl/α,β-unsaturated/α-hetero) is 1. The number of hydrogen-bond acceptors (Lipinski definition) is 3. The molecule has 1 unspecified atom stereocenters. The maximum Gasteiger partial charge on any atom is 0.133 e. The molecule has 0 aromatic rings. The average Bonchev–Trinajstić information content (AvgIpc) is 1.65. The Labute approximate surface area is 54.6 Å². The van der Waals surface area contributed by atoms with Gasteiger partial charge in [-0.25, -0.2) is 0 Å². The third kappa shape index (κ3) is 4.15. The summed E-state index contributed by atoms with van der Waals surface area (Å²) in [6, 6.07) is 0. The molecular formula is C5H10O2S. The molecule has 0 spiro atoms. The summed E-state index contributed by atoms with van der Waals surface area (Å²) in [6.45, 7) is 1.52. The molecule has 0 aromatic carbocycles. The van der Waals surface area contributed by atoms with E-state index < -0.39 is 0 Å². The number of thiol groups is 1. The van der Waals surface area contributed by atoms with Gasteiger partial charge in [-0.1, -0.05) is 0 Å². The molecule has 0 saturated carbocycles. The fourth-order valence-electron chi connectivity index (χ4n) is 0.329. The number of carbonyl (C=O) groups is 1. The number of hydrogen-bond donors (Lipinski definition) is 1. The van der Waals surface area contributed by atoms with E-state index in [-0.39, 0.29) is 11.2 Å². The Morgan fingerprint density at radius 3 is 2.50 bits per heavy atom. The summed E-state index contributed by atoms with van der Waals surface area (Å²) in [5.74, 6) is 0.104. The molecule has 48 valence electrons. The number of ether oxygens (including phenoxy) is 1. The van der Waals surface area contributed by atoms with Crippen LogP contribution in [0.1, 0.15) is 13.3 Å². The molecule has 0 aliphatic heterocycles. The van der Waals surface area contributed by atoms with Crippen LogP contribution in [0.2, 0.25) is 0 Å². The van der Waals surface area contributed by atoms with Crippen LogP contribution < -0.4 is 0 Å². The highest BCUT2D eigenvalue weighted by molar-refractivity contribution is 7.80. The van der Waals surface area contributed by atoms with Crippen LogP contribution in [0.15, 0.2) is 0 Å². The van der Waals surface area contributed by atoms with Crippen molar-refractivity contribution in [2.75, 3.05) is 7.11 Å². The SMILES string of the molecule is COC(S)CC(C)=O. The maximum atomic E-state index is 10.3. The van der Waals surface area contributed by atoms with Gasteiger partial charge in [-0.2, -0.15) is 0 Å². The van der Waals surface area contributed by atoms with Crippen LogP contribution in [0.3, 0.4) is 0 Å². The fourth-order valence-corrected chi connectivity index (χ4v) is 0.586. The van der Waals surface area contributed by atoms with Crippen molar-refractivity contribution in [1.29, 1.82) is 0 Å². The van der Waals surface area contributed by atoms with Gasteiger partial charge >= 0.3 is 0 Å². The molecule has 3 heteroatoms. The van der Waals surface area contributed by atoms with E-state index in [4.69, 9.17) is 4.74 Å². The van der Waals surface area contributed by atoms with Crippen LogP contribution in [0.5, 0.6) is 0 Å². The van der Waals surface area contributed by atoms with Gasteiger partial charge in [-0.15, -0.1) is 12.6 Å². The van der Waals surface area contributed by atoms with Crippen LogP contribution >= 0.6 is 12.6 Å². The molecule has 2 nitrogen and oxygen atoms in total. The molecule has 0 fully saturated rings. The highest BCUT2D eigenvalue weighted by Gasteiger charge is 2.01. The molecule has 0 aliphatic rings. The minimum atomic E-state index is -0.229. The summed E-state index contributed by atoms with van der Waals surface area (Å²) in [7, 11) is 1.53. The molecule has 0 N–H and O–H groups in total. The third-order valence-electron chi connectivity index (χ3n) is 0.734. The van der Waals surface area contributed by atoms with Crippen LogP contribution in [-0.2, 0) is 9.53 Å². The first kappa shape index (κ1) is 7.98. The minimum absolute atomic E-state index is 0.104. The van der Waals surface area contributed by atoms with Gasteiger partial charge in [0.2, 0.25) is 0 Å². The van der Waals surface area contributed by atoms with Crippen LogP contribution in [0, 0.1) is 0 Å². The standard InChI is InChI=1S/C5H10O2S/c1-4(6)3-5(8)7-2/h5,8H,3H2,1-2H3. The molecule has 0 heterocycles. The number of methoxy groups -OCH3 is 1. The zero-order chi connectivity index (χ0) is 6.57. The summed E-state index contributed by atoms with van der Waals surface area (Å²) >= 11 is 3.93. The lowest BCUT2D eigenvalue weighted by Crippen LogP contribution is -2.06. The van der Waals surface area contributed by atoms with Crippen LogP contribution in [0.25, 0.3) is 0 Å². The second-order valence-corrected chi connectivity index (χ2v) is 2.17. The van der Waals surface area contributed by atoms with Gasteiger partial charge < -0.3 is 4.74 Å². The van der Waals surface area contributed by atoms with Crippen molar-refractivity contribution in [3.05, 3.63) is 0 Å². The molecule has 1 atom stereocenters. The lowest BCUT2D eigenvalue weighted by molar-refractivity contribution is -0.118. The first-order valence-corrected chi connectivity index (χ1v) is 2.88. The van der Waals surface area contributed by atoms with E-state index in [2.05, 4.69) is 12.6 Å². The van der Waals surface area contributed by atoms with E-state index in [9.17, 15) is 4.79 Å². The molecule has 0 aliphatic carbocycles. The molecule has 0 rings (SSSR count). The Balaban J connectivity index is 3.24. The highest BCUT2D eigenvalue weighted by atomic mass is 32.1. The predicted octanol–water partition coefficient (Wildman–Crippen LogP) is 0.868. The second-order valence-electron chi connectivity index (χ2n) is 1.60. The van der Waals surface area contributed by atoms with Crippen molar-refractivity contribution in [1.82, 2.24) is 0 Å². The lowest BCUT2D eigenvalue weighted by Gasteiger charge is -2.03. The summed E-state index contributed by atoms with van der Waals surface area (Å²) in [6.07, 6.45) is 0.389. The average molecular weight is 134 g/mol. The Morgan fingerprint density at radius 2 is 2.38 bits per heavy atom. The van der Waals surface area contributed by atoms with Crippen molar-refractivity contribution >= 4 is 18.4 Å². The molecule has 0 bridgehead atoms. The monoisotopic (exact) mass is 134 g/mol. The van der Waals surface area contributed by atoms with Crippen molar-refractivity contribution in [3.63, 3.8) is 0 Å². The zero-order valence-electron chi connectivity index (χ0n) is 5.05. The molecule has 0 amide bonds. The van der Waals surface area contributed by atoms with Gasteiger partial charge in [-0.3, -0.25) is 4.79 Å². The molecular weight excluding hydrogens is 124 g/mol. The topological polar surface area (TPSA) is 26.3 Å². The quantitative estimate of drug-likeness (QED) is 0.458. The van der Waals surface area contributed by atoms with E-state index in [0.717, 1.165) is 0 Å². The Morgan fingerprint density at radius 1 is 1.88 bits per heavy atom. The third-order valence-corrected chi connectivity index (χ3v) is 1.13. The summed E-state index contributed by atoms with van der Waals surface area (Å²) in [5, 5.41) is 0. The van der Waals surface area contributed by atoms with Crippen molar-refractivity contribution in [2.24, 2.45) is 0 Å². The Hall–Kier alpha value is -0.0200. The van der Waals surface area contributed by atoms with Gasteiger partial charge in [0.05, 0.1) is 0 Å². The van der Waals surface area contributed by atoms with Crippen molar-refractivity contribution in [2.45, 2.75) is 18.8 Å². The van der Waals surface area contributed by atoms with Gasteiger partial charge in [0.15, 0.2) is 0 Å². The number of rotatable bonds is 3. The Kier molecular flexibility index (Phi) is 3.91.